The van der Waals surface area contributed by atoms with Crippen molar-refractivity contribution in [1.82, 2.24) is 9.29 Å². The second kappa shape index (κ2) is 10.4. The van der Waals surface area contributed by atoms with Gasteiger partial charge in [-0.3, -0.25) is 4.79 Å². The lowest BCUT2D eigenvalue weighted by atomic mass is 10.0. The zero-order chi connectivity index (χ0) is 27.0. The molecule has 1 aliphatic heterocycles. The van der Waals surface area contributed by atoms with E-state index in [4.69, 9.17) is 0 Å². The summed E-state index contributed by atoms with van der Waals surface area (Å²) in [6.45, 7) is 0.700. The standard InChI is InChI=1S/C28H21FN4O3S3/c29-22-9-12-25-26(16-22)38-28(31-25)33(30-17-23-6-3-15-37-23)27(34)20-7-10-24(11-8-20)39(35,36)32-14-13-19-4-1-2-5-21(19)18-32/h1-12,15-17H,13-14,18H2/b30-17+. The number of thiophene rings is 1. The molecule has 39 heavy (non-hydrogen) atoms. The fourth-order valence-electron chi connectivity index (χ4n) is 4.36. The average molecular weight is 577 g/mol. The number of anilines is 1. The lowest BCUT2D eigenvalue weighted by Gasteiger charge is -2.28. The Labute approximate surface area is 232 Å². The number of amides is 1. The highest BCUT2D eigenvalue weighted by molar-refractivity contribution is 7.89. The van der Waals surface area contributed by atoms with Crippen LogP contribution in [0, 0.1) is 5.82 Å². The third kappa shape index (κ3) is 5.13. The number of hydrogen-bond acceptors (Lipinski definition) is 7. The minimum absolute atomic E-state index is 0.113. The molecule has 0 radical (unpaired) electrons. The molecule has 3 heterocycles. The van der Waals surface area contributed by atoms with E-state index in [2.05, 4.69) is 10.1 Å². The minimum Gasteiger partial charge on any atom is -0.267 e. The van der Waals surface area contributed by atoms with Gasteiger partial charge in [-0.25, -0.2) is 17.8 Å². The predicted molar refractivity (Wildman–Crippen MR) is 152 cm³/mol. The quantitative estimate of drug-likeness (QED) is 0.185. The van der Waals surface area contributed by atoms with Crippen LogP contribution >= 0.6 is 22.7 Å². The van der Waals surface area contributed by atoms with Gasteiger partial charge in [0.15, 0.2) is 0 Å². The molecule has 7 nitrogen and oxygen atoms in total. The van der Waals surface area contributed by atoms with Crippen molar-refractivity contribution in [2.75, 3.05) is 11.6 Å². The van der Waals surface area contributed by atoms with E-state index in [0.717, 1.165) is 32.3 Å². The number of nitrogens with zero attached hydrogens (tertiary/aromatic N) is 4. The number of hydrazone groups is 1. The fourth-order valence-corrected chi connectivity index (χ4v) is 7.31. The first-order valence-corrected chi connectivity index (χ1v) is 15.2. The van der Waals surface area contributed by atoms with Crippen molar-refractivity contribution in [1.29, 1.82) is 0 Å². The number of rotatable bonds is 6. The van der Waals surface area contributed by atoms with Gasteiger partial charge in [0, 0.05) is 23.5 Å². The average Bonchev–Trinajstić information content (AvgIpc) is 3.63. The minimum atomic E-state index is -3.75. The highest BCUT2D eigenvalue weighted by atomic mass is 32.2. The first kappa shape index (κ1) is 25.5. The molecule has 0 N–H and O–H groups in total. The predicted octanol–water partition coefficient (Wildman–Crippen LogP) is 5.92. The molecule has 3 aromatic carbocycles. The lowest BCUT2D eigenvalue weighted by Crippen LogP contribution is -2.36. The van der Waals surface area contributed by atoms with Crippen molar-refractivity contribution < 1.29 is 17.6 Å². The van der Waals surface area contributed by atoms with Crippen LogP contribution in [0.4, 0.5) is 9.52 Å². The molecule has 11 heteroatoms. The monoisotopic (exact) mass is 576 g/mol. The van der Waals surface area contributed by atoms with Crippen LogP contribution in [-0.4, -0.2) is 36.4 Å². The lowest BCUT2D eigenvalue weighted by molar-refractivity contribution is 0.0987. The maximum absolute atomic E-state index is 13.8. The molecule has 1 aliphatic rings. The van der Waals surface area contributed by atoms with Crippen molar-refractivity contribution in [3.63, 3.8) is 0 Å². The normalized spacial score (nSPS) is 14.1. The van der Waals surface area contributed by atoms with Gasteiger partial charge < -0.3 is 0 Å². The van der Waals surface area contributed by atoms with Gasteiger partial charge >= 0.3 is 0 Å². The third-order valence-electron chi connectivity index (χ3n) is 6.39. The van der Waals surface area contributed by atoms with Crippen LogP contribution in [0.5, 0.6) is 0 Å². The summed E-state index contributed by atoms with van der Waals surface area (Å²) in [5, 5.41) is 7.73. The van der Waals surface area contributed by atoms with Crippen LogP contribution in [-0.2, 0) is 23.0 Å². The van der Waals surface area contributed by atoms with E-state index in [9.17, 15) is 17.6 Å². The number of carbonyl (C=O) groups is 1. The number of fused-ring (bicyclic) bond motifs is 2. The largest absolute Gasteiger partial charge is 0.280 e. The summed E-state index contributed by atoms with van der Waals surface area (Å²) in [5.74, 6) is -0.884. The number of carbonyl (C=O) groups excluding carboxylic acids is 1. The molecule has 1 amide bonds. The van der Waals surface area contributed by atoms with Crippen LogP contribution in [0.25, 0.3) is 10.2 Å². The molecule has 0 spiro atoms. The Kier molecular flexibility index (Phi) is 6.81. The Hall–Kier alpha value is -3.77. The molecule has 0 saturated heterocycles. The van der Waals surface area contributed by atoms with Gasteiger partial charge in [-0.15, -0.1) is 11.3 Å². The molecule has 0 unspecified atom stereocenters. The molecule has 0 bridgehead atoms. The van der Waals surface area contributed by atoms with Crippen molar-refractivity contribution in [2.24, 2.45) is 5.10 Å². The molecule has 0 atom stereocenters. The third-order valence-corrected chi connectivity index (χ3v) is 10.1. The summed E-state index contributed by atoms with van der Waals surface area (Å²) in [6.07, 6.45) is 2.21. The van der Waals surface area contributed by atoms with Crippen molar-refractivity contribution in [2.45, 2.75) is 17.9 Å². The first-order valence-electron chi connectivity index (χ1n) is 12.0. The van der Waals surface area contributed by atoms with Crippen molar-refractivity contribution in [3.05, 3.63) is 112 Å². The Morgan fingerprint density at radius 3 is 2.59 bits per heavy atom. The van der Waals surface area contributed by atoms with E-state index < -0.39 is 21.7 Å². The van der Waals surface area contributed by atoms with E-state index >= 15 is 0 Å². The SMILES string of the molecule is O=C(c1ccc(S(=O)(=O)N2CCc3ccccc3C2)cc1)N(/N=C/c1cccs1)c1nc2ccc(F)cc2s1. The van der Waals surface area contributed by atoms with E-state index in [1.165, 1.54) is 52.0 Å². The van der Waals surface area contributed by atoms with E-state index in [1.807, 2.05) is 41.8 Å². The van der Waals surface area contributed by atoms with Crippen LogP contribution < -0.4 is 5.01 Å². The molecular weight excluding hydrogens is 556 g/mol. The van der Waals surface area contributed by atoms with Crippen LogP contribution in [0.2, 0.25) is 0 Å². The van der Waals surface area contributed by atoms with Gasteiger partial charge in [0.2, 0.25) is 15.2 Å². The molecule has 5 aromatic rings. The van der Waals surface area contributed by atoms with E-state index in [1.54, 1.807) is 12.3 Å². The van der Waals surface area contributed by atoms with Gasteiger partial charge in [0.25, 0.3) is 5.91 Å². The second-order valence-corrected chi connectivity index (χ2v) is 12.8. The molecular formula is C28H21FN4O3S3. The number of hydrogen-bond donors (Lipinski definition) is 0. The molecule has 0 fully saturated rings. The number of sulfonamides is 1. The van der Waals surface area contributed by atoms with Crippen molar-refractivity contribution >= 4 is 60.2 Å². The Morgan fingerprint density at radius 2 is 1.82 bits per heavy atom. The molecule has 0 aliphatic carbocycles. The molecule has 196 valence electrons. The highest BCUT2D eigenvalue weighted by Crippen LogP contribution is 2.31. The number of benzene rings is 3. The topological polar surface area (TPSA) is 82.9 Å². The Morgan fingerprint density at radius 1 is 1.03 bits per heavy atom. The van der Waals surface area contributed by atoms with Gasteiger partial charge in [0.1, 0.15) is 5.82 Å². The highest BCUT2D eigenvalue weighted by Gasteiger charge is 2.29. The summed E-state index contributed by atoms with van der Waals surface area (Å²) >= 11 is 2.60. The van der Waals surface area contributed by atoms with Crippen LogP contribution in [0.1, 0.15) is 26.4 Å². The smallest absolute Gasteiger partial charge is 0.267 e. The summed E-state index contributed by atoms with van der Waals surface area (Å²) in [6, 6.07) is 21.6. The number of halogens is 1. The van der Waals surface area contributed by atoms with Gasteiger partial charge in [-0.1, -0.05) is 41.7 Å². The van der Waals surface area contributed by atoms with Gasteiger partial charge in [-0.2, -0.15) is 14.4 Å². The zero-order valence-electron chi connectivity index (χ0n) is 20.4. The molecule has 0 saturated carbocycles. The van der Waals surface area contributed by atoms with Crippen LogP contribution in [0.3, 0.4) is 0 Å². The Bertz CT molecular complexity index is 1800. The first-order chi connectivity index (χ1) is 18.9. The molecule has 2 aromatic heterocycles. The van der Waals surface area contributed by atoms with E-state index in [-0.39, 0.29) is 15.6 Å². The summed E-state index contributed by atoms with van der Waals surface area (Å²) < 4.78 is 42.5. The Balaban J connectivity index is 1.29. The maximum atomic E-state index is 13.8. The zero-order valence-corrected chi connectivity index (χ0v) is 22.8. The molecule has 6 rings (SSSR count). The number of thiazole rings is 1. The van der Waals surface area contributed by atoms with Gasteiger partial charge in [0.05, 0.1) is 21.3 Å². The van der Waals surface area contributed by atoms with Crippen LogP contribution in [0.15, 0.2) is 94.2 Å². The number of aromatic nitrogens is 1. The second-order valence-electron chi connectivity index (χ2n) is 8.87. The summed E-state index contributed by atoms with van der Waals surface area (Å²) in [7, 11) is -3.75. The fraction of sp³-hybridized carbons (Fsp3) is 0.107. The maximum Gasteiger partial charge on any atom is 0.280 e. The van der Waals surface area contributed by atoms with Crippen molar-refractivity contribution in [3.8, 4) is 0 Å². The summed E-state index contributed by atoms with van der Waals surface area (Å²) in [4.78, 5) is 19.0. The summed E-state index contributed by atoms with van der Waals surface area (Å²) in [5.41, 5.74) is 2.94. The van der Waals surface area contributed by atoms with E-state index in [0.29, 0.717) is 29.7 Å². The van der Waals surface area contributed by atoms with Gasteiger partial charge in [-0.05, 0) is 71.5 Å².